The highest BCUT2D eigenvalue weighted by Crippen LogP contribution is 2.17. The predicted octanol–water partition coefficient (Wildman–Crippen LogP) is 1.96. The van der Waals surface area contributed by atoms with E-state index in [9.17, 15) is 14.4 Å². The summed E-state index contributed by atoms with van der Waals surface area (Å²) in [5.41, 5.74) is 0.468. The highest BCUT2D eigenvalue weighted by molar-refractivity contribution is 5.96. The fourth-order valence-corrected chi connectivity index (χ4v) is 2.58. The van der Waals surface area contributed by atoms with E-state index in [1.165, 1.54) is 18.6 Å². The molecule has 23 heavy (non-hydrogen) atoms. The number of hydrogen-bond donors (Lipinski definition) is 4. The fourth-order valence-electron chi connectivity index (χ4n) is 2.58. The number of aromatic carboxylic acids is 1. The van der Waals surface area contributed by atoms with Crippen molar-refractivity contribution in [2.24, 2.45) is 0 Å². The molecule has 3 amide bonds. The molecule has 1 saturated carbocycles. The third kappa shape index (κ3) is 5.61. The van der Waals surface area contributed by atoms with Gasteiger partial charge in [0.05, 0.1) is 12.1 Å². The summed E-state index contributed by atoms with van der Waals surface area (Å²) in [6, 6.07) is 5.76. The zero-order valence-electron chi connectivity index (χ0n) is 12.8. The maximum atomic E-state index is 11.8. The van der Waals surface area contributed by atoms with Gasteiger partial charge < -0.3 is 21.1 Å². The van der Waals surface area contributed by atoms with E-state index in [-0.39, 0.29) is 24.2 Å². The van der Waals surface area contributed by atoms with Gasteiger partial charge in [0.15, 0.2) is 0 Å². The molecule has 0 aliphatic heterocycles. The third-order valence-electron chi connectivity index (χ3n) is 3.74. The Bertz CT molecular complexity index is 582. The molecule has 124 valence electrons. The number of anilines is 1. The number of amides is 3. The van der Waals surface area contributed by atoms with Crippen molar-refractivity contribution >= 4 is 23.6 Å². The van der Waals surface area contributed by atoms with Crippen LogP contribution >= 0.6 is 0 Å². The lowest BCUT2D eigenvalue weighted by Crippen LogP contribution is -2.45. The van der Waals surface area contributed by atoms with Crippen molar-refractivity contribution in [3.05, 3.63) is 29.8 Å². The largest absolute Gasteiger partial charge is 0.478 e. The van der Waals surface area contributed by atoms with Crippen molar-refractivity contribution in [3.8, 4) is 0 Å². The number of carboxylic acids is 1. The Labute approximate surface area is 134 Å². The molecule has 0 atom stereocenters. The van der Waals surface area contributed by atoms with Crippen LogP contribution in [0.4, 0.5) is 10.5 Å². The number of carbonyl (C=O) groups is 3. The molecule has 0 spiro atoms. The minimum absolute atomic E-state index is 0.0887. The Morgan fingerprint density at radius 3 is 2.57 bits per heavy atom. The van der Waals surface area contributed by atoms with Crippen molar-refractivity contribution in [1.29, 1.82) is 0 Å². The van der Waals surface area contributed by atoms with Gasteiger partial charge in [0, 0.05) is 11.7 Å². The second kappa shape index (κ2) is 8.17. The van der Waals surface area contributed by atoms with E-state index in [0.717, 1.165) is 25.7 Å². The number of hydrogen-bond acceptors (Lipinski definition) is 3. The number of nitrogens with one attached hydrogen (secondary N) is 3. The Morgan fingerprint density at radius 2 is 1.87 bits per heavy atom. The highest BCUT2D eigenvalue weighted by atomic mass is 16.4. The summed E-state index contributed by atoms with van der Waals surface area (Å²) < 4.78 is 0. The lowest BCUT2D eigenvalue weighted by Gasteiger charge is -2.22. The molecular formula is C16H21N3O4. The Hall–Kier alpha value is -2.57. The molecule has 1 aliphatic rings. The van der Waals surface area contributed by atoms with E-state index in [1.54, 1.807) is 12.1 Å². The lowest BCUT2D eigenvalue weighted by atomic mass is 9.96. The number of rotatable bonds is 5. The molecule has 1 aromatic rings. The van der Waals surface area contributed by atoms with Gasteiger partial charge in [-0.25, -0.2) is 9.59 Å². The summed E-state index contributed by atoms with van der Waals surface area (Å²) in [4.78, 5) is 34.4. The first-order chi connectivity index (χ1) is 11.0. The first-order valence-electron chi connectivity index (χ1n) is 7.72. The van der Waals surface area contributed by atoms with Crippen LogP contribution in [0.5, 0.6) is 0 Å². The van der Waals surface area contributed by atoms with Crippen molar-refractivity contribution in [1.82, 2.24) is 10.6 Å². The van der Waals surface area contributed by atoms with Crippen LogP contribution in [0.15, 0.2) is 24.3 Å². The van der Waals surface area contributed by atoms with Gasteiger partial charge in [0.25, 0.3) is 0 Å². The van der Waals surface area contributed by atoms with Gasteiger partial charge in [0.1, 0.15) is 0 Å². The van der Waals surface area contributed by atoms with Crippen LogP contribution < -0.4 is 16.0 Å². The van der Waals surface area contributed by atoms with Crippen LogP contribution in [0.2, 0.25) is 0 Å². The van der Waals surface area contributed by atoms with Crippen LogP contribution in [0.25, 0.3) is 0 Å². The van der Waals surface area contributed by atoms with Gasteiger partial charge in [0.2, 0.25) is 5.91 Å². The third-order valence-corrected chi connectivity index (χ3v) is 3.74. The summed E-state index contributed by atoms with van der Waals surface area (Å²) in [5, 5.41) is 16.8. The molecule has 0 unspecified atom stereocenters. The molecule has 0 radical (unpaired) electrons. The quantitative estimate of drug-likeness (QED) is 0.665. The van der Waals surface area contributed by atoms with Crippen LogP contribution in [0.1, 0.15) is 42.5 Å². The van der Waals surface area contributed by atoms with Crippen molar-refractivity contribution in [2.75, 3.05) is 11.9 Å². The highest BCUT2D eigenvalue weighted by Gasteiger charge is 2.16. The zero-order chi connectivity index (χ0) is 16.7. The number of urea groups is 1. The lowest BCUT2D eigenvalue weighted by molar-refractivity contribution is -0.115. The van der Waals surface area contributed by atoms with Crippen LogP contribution in [0.3, 0.4) is 0 Å². The summed E-state index contributed by atoms with van der Waals surface area (Å²) >= 11 is 0. The standard InChI is InChI=1S/C16H21N3O4/c20-14(18-13-8-4-5-11(9-13)15(21)22)10-17-16(23)19-12-6-2-1-3-7-12/h4-5,8-9,12H,1-3,6-7,10H2,(H,18,20)(H,21,22)(H2,17,19,23). The first kappa shape index (κ1) is 16.8. The zero-order valence-corrected chi connectivity index (χ0v) is 12.8. The molecule has 1 fully saturated rings. The van der Waals surface area contributed by atoms with E-state index < -0.39 is 11.9 Å². The van der Waals surface area contributed by atoms with E-state index in [1.807, 2.05) is 0 Å². The Morgan fingerprint density at radius 1 is 1.13 bits per heavy atom. The second-order valence-electron chi connectivity index (χ2n) is 5.60. The topological polar surface area (TPSA) is 108 Å². The van der Waals surface area contributed by atoms with Crippen molar-refractivity contribution in [3.63, 3.8) is 0 Å². The molecular weight excluding hydrogens is 298 g/mol. The van der Waals surface area contributed by atoms with Gasteiger partial charge in [-0.15, -0.1) is 0 Å². The Balaban J connectivity index is 1.75. The molecule has 0 bridgehead atoms. The molecule has 7 nitrogen and oxygen atoms in total. The average Bonchev–Trinajstić information content (AvgIpc) is 2.54. The number of carbonyl (C=O) groups excluding carboxylic acids is 2. The minimum atomic E-state index is -1.06. The maximum Gasteiger partial charge on any atom is 0.335 e. The van der Waals surface area contributed by atoms with E-state index in [4.69, 9.17) is 5.11 Å². The number of benzene rings is 1. The fraction of sp³-hybridized carbons (Fsp3) is 0.438. The summed E-state index contributed by atoms with van der Waals surface area (Å²) in [6.45, 7) is -0.171. The van der Waals surface area contributed by atoms with Gasteiger partial charge in [-0.05, 0) is 31.0 Å². The minimum Gasteiger partial charge on any atom is -0.478 e. The molecule has 0 heterocycles. The predicted molar refractivity (Wildman–Crippen MR) is 85.4 cm³/mol. The molecule has 0 aromatic heterocycles. The van der Waals surface area contributed by atoms with Crippen LogP contribution in [-0.4, -0.2) is 35.6 Å². The van der Waals surface area contributed by atoms with Gasteiger partial charge in [-0.1, -0.05) is 25.3 Å². The normalized spacial score (nSPS) is 14.8. The SMILES string of the molecule is O=C(CNC(=O)NC1CCCCC1)Nc1cccc(C(=O)O)c1. The first-order valence-corrected chi connectivity index (χ1v) is 7.72. The van der Waals surface area contributed by atoms with Crippen molar-refractivity contribution < 1.29 is 19.5 Å². The summed E-state index contributed by atoms with van der Waals surface area (Å²) in [5.74, 6) is -1.47. The number of carboxylic acid groups (broad SMARTS) is 1. The molecule has 7 heteroatoms. The second-order valence-corrected chi connectivity index (χ2v) is 5.60. The summed E-state index contributed by atoms with van der Waals surface area (Å²) in [6.07, 6.45) is 5.39. The van der Waals surface area contributed by atoms with E-state index >= 15 is 0 Å². The van der Waals surface area contributed by atoms with Gasteiger partial charge in [-0.3, -0.25) is 4.79 Å². The van der Waals surface area contributed by atoms with E-state index in [2.05, 4.69) is 16.0 Å². The Kier molecular flexibility index (Phi) is 5.96. The van der Waals surface area contributed by atoms with Crippen molar-refractivity contribution in [2.45, 2.75) is 38.1 Å². The average molecular weight is 319 g/mol. The summed E-state index contributed by atoms with van der Waals surface area (Å²) in [7, 11) is 0. The van der Waals surface area contributed by atoms with Crippen LogP contribution in [-0.2, 0) is 4.79 Å². The van der Waals surface area contributed by atoms with Gasteiger partial charge >= 0.3 is 12.0 Å². The van der Waals surface area contributed by atoms with E-state index in [0.29, 0.717) is 5.69 Å². The maximum absolute atomic E-state index is 11.8. The molecule has 2 rings (SSSR count). The monoisotopic (exact) mass is 319 g/mol. The molecule has 0 saturated heterocycles. The van der Waals surface area contributed by atoms with Gasteiger partial charge in [-0.2, -0.15) is 0 Å². The molecule has 1 aliphatic carbocycles. The smallest absolute Gasteiger partial charge is 0.335 e. The molecule has 4 N–H and O–H groups in total. The van der Waals surface area contributed by atoms with Crippen LogP contribution in [0, 0.1) is 0 Å². The molecule has 1 aromatic carbocycles.